The van der Waals surface area contributed by atoms with Crippen molar-refractivity contribution in [2.24, 2.45) is 0 Å². The summed E-state index contributed by atoms with van der Waals surface area (Å²) in [6.07, 6.45) is 0. The summed E-state index contributed by atoms with van der Waals surface area (Å²) < 4.78 is 0. The predicted molar refractivity (Wildman–Crippen MR) is 71.6 cm³/mol. The van der Waals surface area contributed by atoms with Crippen molar-refractivity contribution in [3.63, 3.8) is 0 Å². The van der Waals surface area contributed by atoms with Crippen molar-refractivity contribution in [1.82, 2.24) is 0 Å². The van der Waals surface area contributed by atoms with Crippen molar-refractivity contribution in [1.29, 1.82) is 0 Å². The number of nitrogens with one attached hydrogen (secondary N) is 1. The second kappa shape index (κ2) is 5.64. The highest BCUT2D eigenvalue weighted by atomic mass is 32.1. The Labute approximate surface area is 113 Å². The minimum atomic E-state index is -1.08. The normalized spacial score (nSPS) is 10.2. The maximum Gasteiger partial charge on any atom is 0.338 e. The molecule has 2 rings (SSSR count). The molecule has 5 nitrogen and oxygen atoms in total. The first-order valence-corrected chi connectivity index (χ1v) is 6.31. The van der Waals surface area contributed by atoms with Gasteiger partial charge in [-0.05, 0) is 29.1 Å². The van der Waals surface area contributed by atoms with Crippen LogP contribution in [0.2, 0.25) is 0 Å². The number of amides is 1. The number of carboxylic acids is 1. The summed E-state index contributed by atoms with van der Waals surface area (Å²) in [6, 6.07) is 7.88. The zero-order valence-electron chi connectivity index (χ0n) is 9.79. The molecular weight excluding hydrogens is 266 g/mol. The van der Waals surface area contributed by atoms with Gasteiger partial charge in [0.15, 0.2) is 0 Å². The number of carbonyl (C=O) groups is 2. The Balaban J connectivity index is 2.16. The summed E-state index contributed by atoms with van der Waals surface area (Å²) in [7, 11) is 0. The first-order valence-electron chi connectivity index (χ1n) is 5.43. The molecule has 1 aromatic carbocycles. The fourth-order valence-corrected chi connectivity index (χ4v) is 2.29. The summed E-state index contributed by atoms with van der Waals surface area (Å²) in [4.78, 5) is 22.8. The van der Waals surface area contributed by atoms with Gasteiger partial charge in [0.05, 0.1) is 12.2 Å². The number of aromatic carboxylic acids is 1. The minimum Gasteiger partial charge on any atom is -0.478 e. The lowest BCUT2D eigenvalue weighted by Gasteiger charge is -2.05. The summed E-state index contributed by atoms with van der Waals surface area (Å²) in [5.74, 6) is -1.46. The molecule has 1 amide bonds. The van der Waals surface area contributed by atoms with Gasteiger partial charge in [-0.15, -0.1) is 11.3 Å². The number of aliphatic hydroxyl groups excluding tert-OH is 1. The molecule has 0 aliphatic carbocycles. The van der Waals surface area contributed by atoms with Crippen LogP contribution in [-0.2, 0) is 6.61 Å². The van der Waals surface area contributed by atoms with E-state index in [0.717, 1.165) is 11.3 Å². The molecule has 0 bridgehead atoms. The molecule has 0 radical (unpaired) electrons. The van der Waals surface area contributed by atoms with Crippen molar-refractivity contribution in [2.75, 3.05) is 5.32 Å². The van der Waals surface area contributed by atoms with Gasteiger partial charge in [0.2, 0.25) is 0 Å². The number of rotatable bonds is 4. The van der Waals surface area contributed by atoms with Gasteiger partial charge < -0.3 is 15.5 Å². The Morgan fingerprint density at radius 1 is 1.16 bits per heavy atom. The number of aliphatic hydroxyl groups is 1. The molecule has 1 heterocycles. The third-order valence-corrected chi connectivity index (χ3v) is 3.35. The van der Waals surface area contributed by atoms with Gasteiger partial charge in [0.1, 0.15) is 5.00 Å². The van der Waals surface area contributed by atoms with E-state index in [1.807, 2.05) is 0 Å². The first-order chi connectivity index (χ1) is 9.11. The fraction of sp³-hybridized carbons (Fsp3) is 0.0769. The molecule has 0 saturated carbocycles. The second-order valence-corrected chi connectivity index (χ2v) is 4.69. The van der Waals surface area contributed by atoms with Crippen LogP contribution in [-0.4, -0.2) is 22.1 Å². The van der Waals surface area contributed by atoms with E-state index >= 15 is 0 Å². The number of carboxylic acid groups (broad SMARTS) is 1. The fourth-order valence-electron chi connectivity index (χ4n) is 1.51. The molecule has 6 heteroatoms. The van der Waals surface area contributed by atoms with Crippen molar-refractivity contribution in [3.8, 4) is 0 Å². The van der Waals surface area contributed by atoms with E-state index in [9.17, 15) is 9.59 Å². The van der Waals surface area contributed by atoms with Gasteiger partial charge in [-0.2, -0.15) is 0 Å². The number of hydrogen-bond acceptors (Lipinski definition) is 4. The van der Waals surface area contributed by atoms with Gasteiger partial charge in [-0.1, -0.05) is 12.1 Å². The molecule has 0 unspecified atom stereocenters. The quantitative estimate of drug-likeness (QED) is 0.799. The highest BCUT2D eigenvalue weighted by Crippen LogP contribution is 2.23. The number of anilines is 1. The van der Waals surface area contributed by atoms with Crippen molar-refractivity contribution in [3.05, 3.63) is 52.4 Å². The molecular formula is C13H11NO4S. The Morgan fingerprint density at radius 3 is 2.42 bits per heavy atom. The molecule has 3 N–H and O–H groups in total. The molecule has 0 fully saturated rings. The molecule has 0 spiro atoms. The zero-order valence-corrected chi connectivity index (χ0v) is 10.6. The van der Waals surface area contributed by atoms with E-state index in [2.05, 4.69) is 5.32 Å². The Hall–Kier alpha value is -2.18. The van der Waals surface area contributed by atoms with Gasteiger partial charge in [-0.25, -0.2) is 4.79 Å². The Kier molecular flexibility index (Phi) is 3.94. The zero-order chi connectivity index (χ0) is 13.8. The highest BCUT2D eigenvalue weighted by Gasteiger charge is 2.14. The molecule has 0 aliphatic heterocycles. The van der Waals surface area contributed by atoms with Crippen molar-refractivity contribution < 1.29 is 19.8 Å². The van der Waals surface area contributed by atoms with Crippen molar-refractivity contribution >= 4 is 28.2 Å². The van der Waals surface area contributed by atoms with E-state index in [-0.39, 0.29) is 18.1 Å². The number of thiophene rings is 1. The largest absolute Gasteiger partial charge is 0.478 e. The van der Waals surface area contributed by atoms with Crippen LogP contribution >= 0.6 is 11.3 Å². The van der Waals surface area contributed by atoms with Gasteiger partial charge in [-0.3, -0.25) is 4.79 Å². The molecule has 0 atom stereocenters. The average Bonchev–Trinajstić information content (AvgIpc) is 2.87. The number of hydrogen-bond donors (Lipinski definition) is 3. The van der Waals surface area contributed by atoms with Crippen LogP contribution in [0.4, 0.5) is 5.00 Å². The van der Waals surface area contributed by atoms with Crippen LogP contribution in [0.15, 0.2) is 35.7 Å². The minimum absolute atomic E-state index is 0.0744. The molecule has 1 aromatic heterocycles. The van der Waals surface area contributed by atoms with E-state index in [1.54, 1.807) is 29.6 Å². The molecule has 0 saturated heterocycles. The van der Waals surface area contributed by atoms with E-state index in [1.165, 1.54) is 6.07 Å². The smallest absolute Gasteiger partial charge is 0.338 e. The second-order valence-electron chi connectivity index (χ2n) is 3.78. The van der Waals surface area contributed by atoms with E-state index in [0.29, 0.717) is 16.1 Å². The van der Waals surface area contributed by atoms with Crippen molar-refractivity contribution in [2.45, 2.75) is 6.61 Å². The molecule has 19 heavy (non-hydrogen) atoms. The number of carbonyl (C=O) groups excluding carboxylic acids is 1. The lowest BCUT2D eigenvalue weighted by atomic mass is 10.1. The average molecular weight is 277 g/mol. The Morgan fingerprint density at radius 2 is 1.84 bits per heavy atom. The summed E-state index contributed by atoms with van der Waals surface area (Å²) in [6.45, 7) is -0.0873. The maximum absolute atomic E-state index is 11.9. The summed E-state index contributed by atoms with van der Waals surface area (Å²) in [5, 5.41) is 22.3. The van der Waals surface area contributed by atoms with Gasteiger partial charge in [0.25, 0.3) is 5.91 Å². The third kappa shape index (κ3) is 2.98. The van der Waals surface area contributed by atoms with Crippen LogP contribution in [0.5, 0.6) is 0 Å². The van der Waals surface area contributed by atoms with E-state index < -0.39 is 5.97 Å². The maximum atomic E-state index is 11.9. The SMILES string of the molecule is O=C(Nc1sccc1C(=O)O)c1ccc(CO)cc1. The van der Waals surface area contributed by atoms with E-state index in [4.69, 9.17) is 10.2 Å². The summed E-state index contributed by atoms with van der Waals surface area (Å²) >= 11 is 1.16. The number of benzene rings is 1. The first kappa shape index (κ1) is 13.3. The van der Waals surface area contributed by atoms with Crippen LogP contribution in [0.3, 0.4) is 0 Å². The van der Waals surface area contributed by atoms with Gasteiger partial charge >= 0.3 is 5.97 Å². The standard InChI is InChI=1S/C13H11NO4S/c15-7-8-1-3-9(4-2-8)11(16)14-12-10(13(17)18)5-6-19-12/h1-6,15H,7H2,(H,14,16)(H,17,18). The van der Waals surface area contributed by atoms with Gasteiger partial charge in [0, 0.05) is 5.56 Å². The topological polar surface area (TPSA) is 86.6 Å². The monoisotopic (exact) mass is 277 g/mol. The molecule has 2 aromatic rings. The van der Waals surface area contributed by atoms with Crippen LogP contribution in [0.25, 0.3) is 0 Å². The van der Waals surface area contributed by atoms with Crippen LogP contribution in [0.1, 0.15) is 26.3 Å². The third-order valence-electron chi connectivity index (χ3n) is 2.52. The lowest BCUT2D eigenvalue weighted by Crippen LogP contribution is -2.13. The van der Waals surface area contributed by atoms with Crippen LogP contribution < -0.4 is 5.32 Å². The van der Waals surface area contributed by atoms with Crippen LogP contribution in [0, 0.1) is 0 Å². The molecule has 0 aliphatic rings. The Bertz CT molecular complexity index is 603. The molecule has 98 valence electrons. The predicted octanol–water partition coefficient (Wildman–Crippen LogP) is 2.19. The summed E-state index contributed by atoms with van der Waals surface area (Å²) in [5.41, 5.74) is 1.19. The highest BCUT2D eigenvalue weighted by molar-refractivity contribution is 7.14. The lowest BCUT2D eigenvalue weighted by molar-refractivity contribution is 0.0698.